The molecule has 2 N–H and O–H groups in total. The lowest BCUT2D eigenvalue weighted by atomic mass is 9.95. The summed E-state index contributed by atoms with van der Waals surface area (Å²) in [5.74, 6) is -1.70. The predicted molar refractivity (Wildman–Crippen MR) is 126 cm³/mol. The molecule has 0 radical (unpaired) electrons. The van der Waals surface area contributed by atoms with Crippen molar-refractivity contribution in [3.05, 3.63) is 86.3 Å². The molecule has 2 aromatic heterocycles. The van der Waals surface area contributed by atoms with Gasteiger partial charge in [-0.05, 0) is 48.9 Å². The van der Waals surface area contributed by atoms with Gasteiger partial charge in [-0.2, -0.15) is 0 Å². The number of aliphatic hydroxyl groups excluding tert-OH is 1. The minimum absolute atomic E-state index is 0.0205. The van der Waals surface area contributed by atoms with Gasteiger partial charge in [-0.1, -0.05) is 41.1 Å². The first-order valence-corrected chi connectivity index (χ1v) is 11.6. The number of phenols is 1. The summed E-state index contributed by atoms with van der Waals surface area (Å²) in [7, 11) is 0. The van der Waals surface area contributed by atoms with Crippen LogP contribution in [0.2, 0.25) is 5.02 Å². The van der Waals surface area contributed by atoms with E-state index in [0.717, 1.165) is 9.58 Å². The zero-order chi connectivity index (χ0) is 22.6. The fourth-order valence-electron chi connectivity index (χ4n) is 3.70. The van der Waals surface area contributed by atoms with Crippen LogP contribution in [0.25, 0.3) is 10.2 Å². The highest BCUT2D eigenvalue weighted by molar-refractivity contribution is 7.22. The Morgan fingerprint density at radius 2 is 1.81 bits per heavy atom. The second kappa shape index (κ2) is 7.74. The maximum atomic E-state index is 13.4. The Morgan fingerprint density at radius 3 is 2.47 bits per heavy atom. The molecule has 0 bridgehead atoms. The number of halogens is 1. The Bertz CT molecular complexity index is 1420. The average molecular weight is 483 g/mol. The number of carbonyl (C=O) groups excluding carboxylic acids is 2. The molecule has 1 amide bonds. The van der Waals surface area contributed by atoms with E-state index in [-0.39, 0.29) is 11.3 Å². The number of amides is 1. The molecule has 1 unspecified atom stereocenters. The van der Waals surface area contributed by atoms with E-state index in [4.69, 9.17) is 11.6 Å². The van der Waals surface area contributed by atoms with Crippen LogP contribution in [-0.2, 0) is 4.79 Å². The Hall–Kier alpha value is -3.20. The average Bonchev–Trinajstić information content (AvgIpc) is 3.46. The molecule has 0 aliphatic carbocycles. The van der Waals surface area contributed by atoms with Crippen molar-refractivity contribution in [2.45, 2.75) is 13.0 Å². The molecule has 1 atom stereocenters. The first kappa shape index (κ1) is 20.7. The van der Waals surface area contributed by atoms with E-state index in [1.807, 2.05) is 19.1 Å². The van der Waals surface area contributed by atoms with Crippen molar-refractivity contribution in [3.8, 4) is 5.75 Å². The molecule has 5 rings (SSSR count). The summed E-state index contributed by atoms with van der Waals surface area (Å²) in [5, 5.41) is 21.3. The van der Waals surface area contributed by atoms with E-state index in [1.165, 1.54) is 39.7 Å². The van der Waals surface area contributed by atoms with Crippen LogP contribution in [0.15, 0.2) is 65.9 Å². The Balaban J connectivity index is 1.69. The van der Waals surface area contributed by atoms with E-state index >= 15 is 0 Å². The third-order valence-electron chi connectivity index (χ3n) is 5.19. The lowest BCUT2D eigenvalue weighted by Crippen LogP contribution is -2.30. The van der Waals surface area contributed by atoms with Crippen molar-refractivity contribution in [3.63, 3.8) is 0 Å². The normalized spacial score (nSPS) is 16.4. The zero-order valence-corrected chi connectivity index (χ0v) is 19.0. The van der Waals surface area contributed by atoms with Gasteiger partial charge in [-0.15, -0.1) is 11.3 Å². The number of nitrogens with zero attached hydrogens (tertiary/aromatic N) is 2. The summed E-state index contributed by atoms with van der Waals surface area (Å²) in [6.07, 6.45) is 0. The number of thiophene rings is 1. The number of aromatic nitrogens is 1. The SMILES string of the molecule is Cc1ccc(C(=O)C2=C(O)C(=O)N(c3nc4c(Cl)cccc4s3)C2c2ccc(O)cc2)s1. The molecule has 1 aliphatic rings. The number of thiazole rings is 1. The quantitative estimate of drug-likeness (QED) is 0.358. The zero-order valence-electron chi connectivity index (χ0n) is 16.6. The van der Waals surface area contributed by atoms with Crippen LogP contribution in [0.3, 0.4) is 0 Å². The molecule has 4 aromatic rings. The first-order valence-electron chi connectivity index (χ1n) is 9.57. The Kier molecular flexibility index (Phi) is 5.00. The number of fused-ring (bicyclic) bond motifs is 1. The highest BCUT2D eigenvalue weighted by atomic mass is 35.5. The topological polar surface area (TPSA) is 90.7 Å². The molecule has 0 fully saturated rings. The van der Waals surface area contributed by atoms with Crippen LogP contribution in [0.5, 0.6) is 5.75 Å². The van der Waals surface area contributed by atoms with Gasteiger partial charge in [0.15, 0.2) is 10.9 Å². The Morgan fingerprint density at radius 1 is 1.06 bits per heavy atom. The molecule has 32 heavy (non-hydrogen) atoms. The summed E-state index contributed by atoms with van der Waals surface area (Å²) in [6, 6.07) is 14.1. The van der Waals surface area contributed by atoms with Crippen LogP contribution in [0.1, 0.15) is 26.2 Å². The van der Waals surface area contributed by atoms with Gasteiger partial charge in [0.25, 0.3) is 5.91 Å². The van der Waals surface area contributed by atoms with Gasteiger partial charge < -0.3 is 10.2 Å². The van der Waals surface area contributed by atoms with Crippen LogP contribution in [0, 0.1) is 6.92 Å². The second-order valence-electron chi connectivity index (χ2n) is 7.25. The highest BCUT2D eigenvalue weighted by Crippen LogP contribution is 2.45. The molecular formula is C23H15ClN2O4S2. The molecular weight excluding hydrogens is 468 g/mol. The van der Waals surface area contributed by atoms with Gasteiger partial charge in [0.1, 0.15) is 11.3 Å². The summed E-state index contributed by atoms with van der Waals surface area (Å²) < 4.78 is 0.776. The number of carbonyl (C=O) groups is 2. The number of rotatable bonds is 4. The molecule has 0 saturated carbocycles. The first-order chi connectivity index (χ1) is 15.3. The molecule has 0 spiro atoms. The minimum atomic E-state index is -0.905. The lowest BCUT2D eigenvalue weighted by Gasteiger charge is -2.24. The van der Waals surface area contributed by atoms with E-state index in [0.29, 0.717) is 26.1 Å². The van der Waals surface area contributed by atoms with Gasteiger partial charge in [0, 0.05) is 4.88 Å². The van der Waals surface area contributed by atoms with Crippen LogP contribution < -0.4 is 4.90 Å². The fraction of sp³-hybridized carbons (Fsp3) is 0.0870. The van der Waals surface area contributed by atoms with Gasteiger partial charge in [-0.3, -0.25) is 14.5 Å². The number of Topliss-reactive ketones (excluding diaryl/α,β-unsaturated/α-hetero) is 1. The minimum Gasteiger partial charge on any atom is -0.508 e. The van der Waals surface area contributed by atoms with E-state index < -0.39 is 23.5 Å². The number of aliphatic hydroxyl groups is 1. The van der Waals surface area contributed by atoms with Crippen molar-refractivity contribution in [2.24, 2.45) is 0 Å². The lowest BCUT2D eigenvalue weighted by molar-refractivity contribution is -0.117. The van der Waals surface area contributed by atoms with Crippen LogP contribution >= 0.6 is 34.3 Å². The molecule has 0 saturated heterocycles. The number of phenolic OH excluding ortho intramolecular Hbond substituents is 1. The number of benzene rings is 2. The fourth-order valence-corrected chi connectivity index (χ4v) is 5.82. The molecule has 3 heterocycles. The number of para-hydroxylation sites is 1. The maximum Gasteiger partial charge on any atom is 0.296 e. The highest BCUT2D eigenvalue weighted by Gasteiger charge is 2.46. The maximum absolute atomic E-state index is 13.4. The summed E-state index contributed by atoms with van der Waals surface area (Å²) >= 11 is 8.81. The van der Waals surface area contributed by atoms with Crippen molar-refractivity contribution in [1.29, 1.82) is 0 Å². The molecule has 2 aromatic carbocycles. The van der Waals surface area contributed by atoms with Crippen LogP contribution in [0.4, 0.5) is 5.13 Å². The Labute approximate surface area is 195 Å². The monoisotopic (exact) mass is 482 g/mol. The number of ketones is 1. The van der Waals surface area contributed by atoms with Crippen molar-refractivity contribution in [1.82, 2.24) is 4.98 Å². The van der Waals surface area contributed by atoms with Gasteiger partial charge in [-0.25, -0.2) is 4.98 Å². The van der Waals surface area contributed by atoms with Crippen molar-refractivity contribution >= 4 is 61.3 Å². The van der Waals surface area contributed by atoms with Crippen molar-refractivity contribution in [2.75, 3.05) is 4.90 Å². The third-order valence-corrected chi connectivity index (χ3v) is 7.51. The van der Waals surface area contributed by atoms with Gasteiger partial charge in [0.2, 0.25) is 5.78 Å². The van der Waals surface area contributed by atoms with E-state index in [1.54, 1.807) is 30.3 Å². The summed E-state index contributed by atoms with van der Waals surface area (Å²) in [5.41, 5.74) is 1.08. The summed E-state index contributed by atoms with van der Waals surface area (Å²) in [4.78, 5) is 33.8. The molecule has 9 heteroatoms. The van der Waals surface area contributed by atoms with Crippen LogP contribution in [-0.4, -0.2) is 26.9 Å². The number of hydrogen-bond acceptors (Lipinski definition) is 7. The standard InChI is InChI=1S/C23H15ClN2O4S2/c1-11-5-10-16(31-11)20(28)17-19(12-6-8-13(27)9-7-12)26(22(30)21(17)29)23-25-18-14(24)3-2-4-15(18)32-23/h2-10,19,27,29H,1H3. The van der Waals surface area contributed by atoms with Crippen molar-refractivity contribution < 1.29 is 19.8 Å². The largest absolute Gasteiger partial charge is 0.508 e. The predicted octanol–water partition coefficient (Wildman–Crippen LogP) is 5.81. The number of anilines is 1. The number of hydrogen-bond donors (Lipinski definition) is 2. The third kappa shape index (κ3) is 3.28. The second-order valence-corrected chi connectivity index (χ2v) is 9.96. The number of aromatic hydroxyl groups is 1. The molecule has 1 aliphatic heterocycles. The molecule has 6 nitrogen and oxygen atoms in total. The smallest absolute Gasteiger partial charge is 0.296 e. The van der Waals surface area contributed by atoms with E-state index in [9.17, 15) is 19.8 Å². The van der Waals surface area contributed by atoms with Gasteiger partial charge in [0.05, 0.1) is 26.2 Å². The summed E-state index contributed by atoms with van der Waals surface area (Å²) in [6.45, 7) is 1.88. The molecule has 160 valence electrons. The number of aryl methyl sites for hydroxylation is 1. The van der Waals surface area contributed by atoms with Gasteiger partial charge >= 0.3 is 0 Å². The van der Waals surface area contributed by atoms with E-state index in [2.05, 4.69) is 4.98 Å².